The predicted molar refractivity (Wildman–Crippen MR) is 82.9 cm³/mol. The largest absolute Gasteiger partial charge is 0.398 e. The molecule has 1 aromatic rings. The van der Waals surface area contributed by atoms with Gasteiger partial charge in [0, 0.05) is 6.04 Å². The molecule has 116 valence electrons. The van der Waals surface area contributed by atoms with E-state index in [4.69, 9.17) is 17.3 Å². The molecule has 1 amide bonds. The van der Waals surface area contributed by atoms with Crippen LogP contribution in [0.5, 0.6) is 0 Å². The fourth-order valence-electron chi connectivity index (χ4n) is 2.47. The zero-order valence-corrected chi connectivity index (χ0v) is 13.2. The van der Waals surface area contributed by atoms with Gasteiger partial charge in [-0.25, -0.2) is 8.42 Å². The van der Waals surface area contributed by atoms with Gasteiger partial charge in [-0.15, -0.1) is 0 Å². The third-order valence-corrected chi connectivity index (χ3v) is 5.56. The number of carbonyl (C=O) groups is 1. The molecule has 0 aromatic heterocycles. The van der Waals surface area contributed by atoms with Crippen molar-refractivity contribution in [2.45, 2.75) is 43.0 Å². The average molecular weight is 331 g/mol. The molecular formula is C14H19ClN2O3S. The molecule has 1 aliphatic rings. The Labute approximate surface area is 129 Å². The van der Waals surface area contributed by atoms with E-state index in [1.165, 1.54) is 24.6 Å². The summed E-state index contributed by atoms with van der Waals surface area (Å²) in [5, 5.41) is 2.97. The van der Waals surface area contributed by atoms with Gasteiger partial charge in [-0.2, -0.15) is 0 Å². The van der Waals surface area contributed by atoms with Crippen molar-refractivity contribution in [2.75, 3.05) is 11.5 Å². The van der Waals surface area contributed by atoms with Crippen LogP contribution in [-0.4, -0.2) is 26.1 Å². The smallest absolute Gasteiger partial charge is 0.235 e. The molecule has 0 aliphatic heterocycles. The molecule has 5 nitrogen and oxygen atoms in total. The Morgan fingerprint density at radius 2 is 1.95 bits per heavy atom. The van der Waals surface area contributed by atoms with E-state index in [1.807, 2.05) is 0 Å². The van der Waals surface area contributed by atoms with Crippen LogP contribution in [0.25, 0.3) is 0 Å². The summed E-state index contributed by atoms with van der Waals surface area (Å²) in [6.45, 7) is 0. The van der Waals surface area contributed by atoms with Crippen LogP contribution < -0.4 is 11.1 Å². The van der Waals surface area contributed by atoms with Crippen molar-refractivity contribution >= 4 is 33.0 Å². The molecular weight excluding hydrogens is 312 g/mol. The standard InChI is InChI=1S/C14H19ClN2O3S/c15-12-8-11(6-7-13(12)16)21(19,20)9-14(18)17-10-4-2-1-3-5-10/h6-8,10H,1-5,9,16H2,(H,17,18). The van der Waals surface area contributed by atoms with Gasteiger partial charge in [0.25, 0.3) is 0 Å². The number of hydrogen-bond acceptors (Lipinski definition) is 4. The highest BCUT2D eigenvalue weighted by Crippen LogP contribution is 2.23. The number of amides is 1. The molecule has 1 aromatic carbocycles. The Balaban J connectivity index is 2.02. The number of hydrogen-bond donors (Lipinski definition) is 2. The van der Waals surface area contributed by atoms with Crippen LogP contribution in [0.2, 0.25) is 5.02 Å². The van der Waals surface area contributed by atoms with E-state index < -0.39 is 21.5 Å². The van der Waals surface area contributed by atoms with Gasteiger partial charge in [0.05, 0.1) is 15.6 Å². The van der Waals surface area contributed by atoms with Gasteiger partial charge in [0.1, 0.15) is 5.75 Å². The van der Waals surface area contributed by atoms with Crippen molar-refractivity contribution in [3.63, 3.8) is 0 Å². The van der Waals surface area contributed by atoms with Crippen LogP contribution >= 0.6 is 11.6 Å². The number of halogens is 1. The first-order chi connectivity index (χ1) is 9.88. The molecule has 0 bridgehead atoms. The van der Waals surface area contributed by atoms with Crippen molar-refractivity contribution in [1.29, 1.82) is 0 Å². The number of anilines is 1. The van der Waals surface area contributed by atoms with Gasteiger partial charge in [-0.05, 0) is 31.0 Å². The summed E-state index contributed by atoms with van der Waals surface area (Å²) >= 11 is 5.82. The third kappa shape index (κ3) is 4.35. The summed E-state index contributed by atoms with van der Waals surface area (Å²) in [6.07, 6.45) is 5.16. The van der Waals surface area contributed by atoms with Crippen LogP contribution in [0.3, 0.4) is 0 Å². The molecule has 0 atom stereocenters. The molecule has 0 unspecified atom stereocenters. The van der Waals surface area contributed by atoms with Crippen LogP contribution in [0.1, 0.15) is 32.1 Å². The number of rotatable bonds is 4. The lowest BCUT2D eigenvalue weighted by Gasteiger charge is -2.22. The number of sulfone groups is 1. The lowest BCUT2D eigenvalue weighted by molar-refractivity contribution is -0.119. The molecule has 21 heavy (non-hydrogen) atoms. The second kappa shape index (κ2) is 6.66. The third-order valence-electron chi connectivity index (χ3n) is 3.62. The summed E-state index contributed by atoms with van der Waals surface area (Å²) in [5.74, 6) is -1.03. The van der Waals surface area contributed by atoms with Gasteiger partial charge in [0.2, 0.25) is 5.91 Å². The molecule has 1 aliphatic carbocycles. The van der Waals surface area contributed by atoms with Gasteiger partial charge in [-0.3, -0.25) is 4.79 Å². The molecule has 1 saturated carbocycles. The van der Waals surface area contributed by atoms with E-state index in [2.05, 4.69) is 5.32 Å². The highest BCUT2D eigenvalue weighted by molar-refractivity contribution is 7.92. The summed E-state index contributed by atoms with van der Waals surface area (Å²) in [5.41, 5.74) is 5.86. The number of nitrogen functional groups attached to an aromatic ring is 1. The minimum atomic E-state index is -3.70. The lowest BCUT2D eigenvalue weighted by Crippen LogP contribution is -2.39. The van der Waals surface area contributed by atoms with Gasteiger partial charge >= 0.3 is 0 Å². The topological polar surface area (TPSA) is 89.3 Å². The SMILES string of the molecule is Nc1ccc(S(=O)(=O)CC(=O)NC2CCCCC2)cc1Cl. The number of nitrogens with one attached hydrogen (secondary N) is 1. The second-order valence-electron chi connectivity index (χ2n) is 5.34. The summed E-state index contributed by atoms with van der Waals surface area (Å²) in [7, 11) is -3.70. The van der Waals surface area contributed by atoms with Crippen molar-refractivity contribution in [3.05, 3.63) is 23.2 Å². The summed E-state index contributed by atoms with van der Waals surface area (Å²) < 4.78 is 24.4. The highest BCUT2D eigenvalue weighted by Gasteiger charge is 2.22. The van der Waals surface area contributed by atoms with E-state index in [0.717, 1.165) is 25.7 Å². The summed E-state index contributed by atoms with van der Waals surface area (Å²) in [4.78, 5) is 11.9. The first-order valence-electron chi connectivity index (χ1n) is 6.95. The van der Waals surface area contributed by atoms with Crippen molar-refractivity contribution in [1.82, 2.24) is 5.32 Å². The Morgan fingerprint density at radius 1 is 1.29 bits per heavy atom. The Bertz CT molecular complexity index is 625. The van der Waals surface area contributed by atoms with Crippen LogP contribution in [0.4, 0.5) is 5.69 Å². The fourth-order valence-corrected chi connectivity index (χ4v) is 3.89. The summed E-state index contributed by atoms with van der Waals surface area (Å²) in [6, 6.07) is 4.16. The quantitative estimate of drug-likeness (QED) is 0.828. The minimum absolute atomic E-state index is 0.0143. The van der Waals surface area contributed by atoms with E-state index in [-0.39, 0.29) is 16.0 Å². The second-order valence-corrected chi connectivity index (χ2v) is 7.74. The first kappa shape index (κ1) is 16.1. The molecule has 0 saturated heterocycles. The van der Waals surface area contributed by atoms with Crippen LogP contribution in [-0.2, 0) is 14.6 Å². The normalized spacial score (nSPS) is 16.6. The fraction of sp³-hybridized carbons (Fsp3) is 0.500. The zero-order valence-electron chi connectivity index (χ0n) is 11.6. The number of benzene rings is 1. The Kier molecular flexibility index (Phi) is 5.11. The minimum Gasteiger partial charge on any atom is -0.398 e. The molecule has 7 heteroatoms. The Morgan fingerprint density at radius 3 is 2.57 bits per heavy atom. The van der Waals surface area contributed by atoms with Gasteiger partial charge < -0.3 is 11.1 Å². The van der Waals surface area contributed by atoms with Gasteiger partial charge in [0.15, 0.2) is 9.84 Å². The lowest BCUT2D eigenvalue weighted by atomic mass is 9.95. The number of nitrogens with two attached hydrogens (primary N) is 1. The maximum Gasteiger partial charge on any atom is 0.235 e. The average Bonchev–Trinajstić information content (AvgIpc) is 2.42. The van der Waals surface area contributed by atoms with E-state index in [9.17, 15) is 13.2 Å². The first-order valence-corrected chi connectivity index (χ1v) is 8.98. The van der Waals surface area contributed by atoms with E-state index in [1.54, 1.807) is 0 Å². The Hall–Kier alpha value is -1.27. The highest BCUT2D eigenvalue weighted by atomic mass is 35.5. The van der Waals surface area contributed by atoms with Crippen LogP contribution in [0, 0.1) is 0 Å². The maximum atomic E-state index is 12.2. The molecule has 0 spiro atoms. The number of carbonyl (C=O) groups excluding carboxylic acids is 1. The molecule has 1 fully saturated rings. The zero-order chi connectivity index (χ0) is 15.5. The predicted octanol–water partition coefficient (Wildman–Crippen LogP) is 2.14. The molecule has 0 heterocycles. The van der Waals surface area contributed by atoms with E-state index in [0.29, 0.717) is 5.69 Å². The molecule has 2 rings (SSSR count). The maximum absolute atomic E-state index is 12.2. The van der Waals surface area contributed by atoms with E-state index >= 15 is 0 Å². The van der Waals surface area contributed by atoms with Crippen molar-refractivity contribution < 1.29 is 13.2 Å². The monoisotopic (exact) mass is 330 g/mol. The van der Waals surface area contributed by atoms with Crippen molar-refractivity contribution in [2.24, 2.45) is 0 Å². The van der Waals surface area contributed by atoms with Gasteiger partial charge in [-0.1, -0.05) is 30.9 Å². The molecule has 3 N–H and O–H groups in total. The van der Waals surface area contributed by atoms with Crippen LogP contribution in [0.15, 0.2) is 23.1 Å². The van der Waals surface area contributed by atoms with Crippen molar-refractivity contribution in [3.8, 4) is 0 Å². The molecule has 0 radical (unpaired) electrons.